The average Bonchev–Trinajstić information content (AvgIpc) is 3.27. The second kappa shape index (κ2) is 14.0. The molecule has 0 radical (unpaired) electrons. The monoisotopic (exact) mass is 400 g/mol. The smallest absolute Gasteiger partial charge is 0.0627 e. The first kappa shape index (κ1) is 25.9. The normalized spacial score (nSPS) is 30.6. The molecule has 0 N–H and O–H groups in total. The molecule has 4 aliphatic heterocycles. The van der Waals surface area contributed by atoms with Gasteiger partial charge in [0.1, 0.15) is 0 Å². The highest BCUT2D eigenvalue weighted by atomic mass is 16.5. The molecule has 4 heterocycles. The number of rotatable bonds is 0. The van der Waals surface area contributed by atoms with Gasteiger partial charge >= 0.3 is 0 Å². The number of ether oxygens (including phenoxy) is 4. The fourth-order valence-electron chi connectivity index (χ4n) is 3.63. The zero-order valence-corrected chi connectivity index (χ0v) is 19.7. The topological polar surface area (TPSA) is 36.9 Å². The molecule has 0 amide bonds. The van der Waals surface area contributed by atoms with E-state index in [2.05, 4.69) is 41.5 Å². The van der Waals surface area contributed by atoms with Gasteiger partial charge in [-0.2, -0.15) is 0 Å². The van der Waals surface area contributed by atoms with Crippen LogP contribution in [0.3, 0.4) is 0 Å². The van der Waals surface area contributed by atoms with Crippen LogP contribution in [0.4, 0.5) is 0 Å². The van der Waals surface area contributed by atoms with Crippen LogP contribution in [0.2, 0.25) is 0 Å². The van der Waals surface area contributed by atoms with Gasteiger partial charge in [0.15, 0.2) is 0 Å². The summed E-state index contributed by atoms with van der Waals surface area (Å²) in [6.45, 7) is 16.8. The summed E-state index contributed by atoms with van der Waals surface area (Å²) in [5.74, 6) is 0. The zero-order valence-electron chi connectivity index (χ0n) is 19.7. The minimum atomic E-state index is 0.179. The number of hydrogen-bond donors (Lipinski definition) is 0. The summed E-state index contributed by atoms with van der Waals surface area (Å²) >= 11 is 0. The molecule has 0 bridgehead atoms. The molecule has 2 atom stereocenters. The lowest BCUT2D eigenvalue weighted by Gasteiger charge is -2.29. The summed E-state index contributed by atoms with van der Waals surface area (Å²) in [4.78, 5) is 0. The lowest BCUT2D eigenvalue weighted by Crippen LogP contribution is -2.28. The first-order valence-electron chi connectivity index (χ1n) is 11.7. The summed E-state index contributed by atoms with van der Waals surface area (Å²) in [6.07, 6.45) is 13.8. The summed E-state index contributed by atoms with van der Waals surface area (Å²) in [5.41, 5.74) is 0.373. The molecule has 0 aromatic rings. The lowest BCUT2D eigenvalue weighted by atomic mass is 9.99. The fraction of sp³-hybridized carbons (Fsp3) is 1.00. The third kappa shape index (κ3) is 13.9. The molecule has 4 nitrogen and oxygen atoms in total. The first-order chi connectivity index (χ1) is 13.2. The molecule has 4 rings (SSSR count). The highest BCUT2D eigenvalue weighted by Crippen LogP contribution is 2.23. The summed E-state index contributed by atoms with van der Waals surface area (Å²) in [5, 5.41) is 0. The molecule has 168 valence electrons. The molecule has 0 aromatic carbocycles. The van der Waals surface area contributed by atoms with Crippen LogP contribution in [-0.4, -0.2) is 49.8 Å². The Morgan fingerprint density at radius 1 is 0.536 bits per heavy atom. The van der Waals surface area contributed by atoms with E-state index in [4.69, 9.17) is 18.9 Å². The van der Waals surface area contributed by atoms with E-state index < -0.39 is 0 Å². The Bertz CT molecular complexity index is 353. The van der Waals surface area contributed by atoms with Gasteiger partial charge in [-0.15, -0.1) is 0 Å². The van der Waals surface area contributed by atoms with Crippen molar-refractivity contribution < 1.29 is 18.9 Å². The van der Waals surface area contributed by atoms with E-state index in [0.717, 1.165) is 26.4 Å². The van der Waals surface area contributed by atoms with E-state index in [9.17, 15) is 0 Å². The van der Waals surface area contributed by atoms with Crippen molar-refractivity contribution in [1.82, 2.24) is 0 Å². The third-order valence-corrected chi connectivity index (χ3v) is 5.65. The van der Waals surface area contributed by atoms with Crippen molar-refractivity contribution in [2.75, 3.05) is 26.4 Å². The second-order valence-electron chi connectivity index (χ2n) is 9.78. The van der Waals surface area contributed by atoms with Gasteiger partial charge in [-0.25, -0.2) is 0 Å². The van der Waals surface area contributed by atoms with Gasteiger partial charge in [-0.1, -0.05) is 0 Å². The molecular weight excluding hydrogens is 352 g/mol. The molecule has 2 unspecified atom stereocenters. The molecule has 4 heteroatoms. The lowest BCUT2D eigenvalue weighted by molar-refractivity contribution is -0.0511. The van der Waals surface area contributed by atoms with Crippen LogP contribution in [0.5, 0.6) is 0 Å². The minimum Gasteiger partial charge on any atom is -0.379 e. The number of hydrogen-bond acceptors (Lipinski definition) is 4. The molecule has 0 saturated carbocycles. The Labute approximate surface area is 175 Å². The predicted molar refractivity (Wildman–Crippen MR) is 117 cm³/mol. The molecule has 4 aliphatic rings. The Kier molecular flexibility index (Phi) is 12.9. The first-order valence-corrected chi connectivity index (χ1v) is 11.7. The molecule has 0 aliphatic carbocycles. The quantitative estimate of drug-likeness (QED) is 0.478. The maximum atomic E-state index is 5.47. The van der Waals surface area contributed by atoms with Gasteiger partial charge in [-0.3, -0.25) is 0 Å². The standard InChI is InChI=1S/C7H14O.2C6H12O.C5H10O/c1-7(2)5-3-4-6-8-7;1-6(2)4-3-5-7-6;1-6-4-2-3-5-7-6;1-5-3-2-4-6-5/h3-6H2,1-2H3;3-5H2,1-2H3;6H,2-5H2,1H3;5H,2-4H2,1H3. The van der Waals surface area contributed by atoms with Crippen LogP contribution in [0, 0.1) is 0 Å². The van der Waals surface area contributed by atoms with E-state index in [1.165, 1.54) is 64.2 Å². The van der Waals surface area contributed by atoms with Gasteiger partial charge in [-0.05, 0) is 106 Å². The third-order valence-electron chi connectivity index (χ3n) is 5.65. The van der Waals surface area contributed by atoms with Crippen LogP contribution in [0.1, 0.15) is 106 Å². The van der Waals surface area contributed by atoms with Crippen molar-refractivity contribution in [1.29, 1.82) is 0 Å². The fourth-order valence-corrected chi connectivity index (χ4v) is 3.63. The van der Waals surface area contributed by atoms with Gasteiger partial charge in [0.05, 0.1) is 23.4 Å². The van der Waals surface area contributed by atoms with Gasteiger partial charge < -0.3 is 18.9 Å². The SMILES string of the molecule is CC1(C)CCCCO1.CC1(C)CCCO1.CC1CCCCO1.CC1CCCO1. The average molecular weight is 401 g/mol. The molecule has 0 spiro atoms. The van der Waals surface area contributed by atoms with Crippen molar-refractivity contribution in [2.24, 2.45) is 0 Å². The van der Waals surface area contributed by atoms with E-state index in [1.807, 2.05) is 0 Å². The van der Waals surface area contributed by atoms with Crippen LogP contribution in [0.25, 0.3) is 0 Å². The summed E-state index contributed by atoms with van der Waals surface area (Å²) in [7, 11) is 0. The van der Waals surface area contributed by atoms with Crippen LogP contribution in [0.15, 0.2) is 0 Å². The Morgan fingerprint density at radius 3 is 1.21 bits per heavy atom. The zero-order chi connectivity index (χ0) is 20.9. The van der Waals surface area contributed by atoms with E-state index in [1.54, 1.807) is 0 Å². The Hall–Kier alpha value is -0.160. The molecule has 4 fully saturated rings. The van der Waals surface area contributed by atoms with Gasteiger partial charge in [0.2, 0.25) is 0 Å². The minimum absolute atomic E-state index is 0.179. The molecule has 0 aromatic heterocycles. The summed E-state index contributed by atoms with van der Waals surface area (Å²) in [6, 6.07) is 0. The van der Waals surface area contributed by atoms with Crippen molar-refractivity contribution in [3.63, 3.8) is 0 Å². The highest BCUT2D eigenvalue weighted by Gasteiger charge is 2.22. The van der Waals surface area contributed by atoms with E-state index >= 15 is 0 Å². The Morgan fingerprint density at radius 2 is 1.00 bits per heavy atom. The highest BCUT2D eigenvalue weighted by molar-refractivity contribution is 4.73. The van der Waals surface area contributed by atoms with Gasteiger partial charge in [0.25, 0.3) is 0 Å². The molecule has 28 heavy (non-hydrogen) atoms. The van der Waals surface area contributed by atoms with Crippen molar-refractivity contribution in [3.8, 4) is 0 Å². The van der Waals surface area contributed by atoms with Crippen molar-refractivity contribution >= 4 is 0 Å². The molecular formula is C24H48O4. The van der Waals surface area contributed by atoms with Gasteiger partial charge in [0, 0.05) is 26.4 Å². The predicted octanol–water partition coefficient (Wildman–Crippen LogP) is 6.30. The maximum Gasteiger partial charge on any atom is 0.0627 e. The van der Waals surface area contributed by atoms with Crippen LogP contribution < -0.4 is 0 Å². The second-order valence-corrected chi connectivity index (χ2v) is 9.78. The van der Waals surface area contributed by atoms with Crippen molar-refractivity contribution in [3.05, 3.63) is 0 Å². The maximum absolute atomic E-state index is 5.47. The largest absolute Gasteiger partial charge is 0.379 e. The van der Waals surface area contributed by atoms with Crippen molar-refractivity contribution in [2.45, 2.75) is 129 Å². The van der Waals surface area contributed by atoms with E-state index in [0.29, 0.717) is 12.2 Å². The van der Waals surface area contributed by atoms with Crippen LogP contribution in [-0.2, 0) is 18.9 Å². The van der Waals surface area contributed by atoms with Crippen LogP contribution >= 0.6 is 0 Å². The summed E-state index contributed by atoms with van der Waals surface area (Å²) < 4.78 is 21.2. The molecule has 4 saturated heterocycles. The van der Waals surface area contributed by atoms with E-state index in [-0.39, 0.29) is 11.2 Å². The Balaban J connectivity index is 0.000000188.